The molecule has 0 aliphatic carbocycles. The molecule has 0 aromatic rings. The summed E-state index contributed by atoms with van der Waals surface area (Å²) in [5, 5.41) is 0. The molecule has 0 spiro atoms. The van der Waals surface area contributed by atoms with Crippen molar-refractivity contribution in [1.29, 1.82) is 0 Å². The standard InChI is InChI=1S/C48H86O6/c1-4-7-10-13-16-19-21-23-24-25-27-29-32-35-38-41-47(50)53-44-45(43-52-46(49)40-37-34-31-28-18-15-12-9-6-3)54-48(51)42-39-36-33-30-26-22-20-17-14-11-8-5-2/h16-17,19-21,23,45H,4-15,18,22,24-44H2,1-3H3/b19-16-,20-17-,23-21-. The summed E-state index contributed by atoms with van der Waals surface area (Å²) in [6.07, 6.45) is 48.3. The number of allylic oxidation sites excluding steroid dienone is 6. The summed E-state index contributed by atoms with van der Waals surface area (Å²) in [7, 11) is 0. The van der Waals surface area contributed by atoms with Crippen LogP contribution in [0.25, 0.3) is 0 Å². The molecule has 0 rings (SSSR count). The molecule has 0 radical (unpaired) electrons. The predicted molar refractivity (Wildman–Crippen MR) is 229 cm³/mol. The van der Waals surface area contributed by atoms with Crippen LogP contribution in [0, 0.1) is 0 Å². The van der Waals surface area contributed by atoms with E-state index in [4.69, 9.17) is 14.2 Å². The van der Waals surface area contributed by atoms with Gasteiger partial charge in [0.05, 0.1) is 0 Å². The third-order valence-electron chi connectivity index (χ3n) is 9.90. The highest BCUT2D eigenvalue weighted by atomic mass is 16.6. The molecule has 0 bridgehead atoms. The second-order valence-corrected chi connectivity index (χ2v) is 15.3. The Morgan fingerprint density at radius 1 is 0.370 bits per heavy atom. The zero-order chi connectivity index (χ0) is 39.4. The fourth-order valence-corrected chi connectivity index (χ4v) is 6.37. The number of hydrogen-bond donors (Lipinski definition) is 0. The highest BCUT2D eigenvalue weighted by Gasteiger charge is 2.19. The summed E-state index contributed by atoms with van der Waals surface area (Å²) in [4.78, 5) is 37.7. The second-order valence-electron chi connectivity index (χ2n) is 15.3. The topological polar surface area (TPSA) is 78.9 Å². The van der Waals surface area contributed by atoms with Crippen molar-refractivity contribution >= 4 is 17.9 Å². The summed E-state index contributed by atoms with van der Waals surface area (Å²) in [6, 6.07) is 0. The van der Waals surface area contributed by atoms with Crippen molar-refractivity contribution in [2.45, 2.75) is 239 Å². The van der Waals surface area contributed by atoms with Gasteiger partial charge in [-0.15, -0.1) is 0 Å². The Morgan fingerprint density at radius 2 is 0.667 bits per heavy atom. The lowest BCUT2D eigenvalue weighted by Gasteiger charge is -2.18. The Balaban J connectivity index is 4.37. The largest absolute Gasteiger partial charge is 0.462 e. The molecule has 0 heterocycles. The fourth-order valence-electron chi connectivity index (χ4n) is 6.37. The molecule has 0 aliphatic rings. The summed E-state index contributed by atoms with van der Waals surface area (Å²) in [6.45, 7) is 6.54. The van der Waals surface area contributed by atoms with Crippen molar-refractivity contribution < 1.29 is 28.6 Å². The lowest BCUT2D eigenvalue weighted by Crippen LogP contribution is -2.30. The minimum Gasteiger partial charge on any atom is -0.462 e. The van der Waals surface area contributed by atoms with Crippen LogP contribution in [0.15, 0.2) is 36.5 Å². The molecule has 0 N–H and O–H groups in total. The van der Waals surface area contributed by atoms with Crippen LogP contribution in [-0.2, 0) is 28.6 Å². The molecule has 54 heavy (non-hydrogen) atoms. The van der Waals surface area contributed by atoms with Gasteiger partial charge < -0.3 is 14.2 Å². The minimum atomic E-state index is -0.775. The van der Waals surface area contributed by atoms with Crippen LogP contribution in [0.1, 0.15) is 233 Å². The molecule has 6 heteroatoms. The van der Waals surface area contributed by atoms with Gasteiger partial charge in [-0.25, -0.2) is 0 Å². The Labute approximate surface area is 334 Å². The van der Waals surface area contributed by atoms with Crippen LogP contribution >= 0.6 is 0 Å². The number of unbranched alkanes of at least 4 members (excludes halogenated alkanes) is 25. The first-order valence-electron chi connectivity index (χ1n) is 23.0. The SMILES string of the molecule is CCCCC/C=C\C=C/CCCCCCCCC(=O)OCC(COC(=O)CCCCCCCCCCC)OC(=O)CCCCCCC/C=C\CCCCC. The first-order chi connectivity index (χ1) is 26.5. The van der Waals surface area contributed by atoms with Crippen molar-refractivity contribution in [2.24, 2.45) is 0 Å². The van der Waals surface area contributed by atoms with Gasteiger partial charge in [-0.1, -0.05) is 179 Å². The van der Waals surface area contributed by atoms with Crippen LogP contribution in [0.4, 0.5) is 0 Å². The molecule has 0 saturated heterocycles. The van der Waals surface area contributed by atoms with Crippen molar-refractivity contribution in [2.75, 3.05) is 13.2 Å². The number of rotatable bonds is 41. The maximum absolute atomic E-state index is 12.7. The number of ether oxygens (including phenoxy) is 3. The van der Waals surface area contributed by atoms with E-state index in [1.165, 1.54) is 116 Å². The predicted octanol–water partition coefficient (Wildman–Crippen LogP) is 14.6. The second kappa shape index (κ2) is 43.4. The van der Waals surface area contributed by atoms with Gasteiger partial charge in [0.15, 0.2) is 6.10 Å². The zero-order valence-electron chi connectivity index (χ0n) is 35.7. The van der Waals surface area contributed by atoms with E-state index in [1.54, 1.807) is 0 Å². The number of carbonyl (C=O) groups is 3. The molecule has 0 aromatic heterocycles. The van der Waals surface area contributed by atoms with E-state index in [-0.39, 0.29) is 31.1 Å². The Morgan fingerprint density at radius 3 is 1.07 bits per heavy atom. The number of carbonyl (C=O) groups excluding carboxylic acids is 3. The zero-order valence-corrected chi connectivity index (χ0v) is 35.7. The van der Waals surface area contributed by atoms with Crippen LogP contribution in [-0.4, -0.2) is 37.2 Å². The molecule has 0 aromatic carbocycles. The summed E-state index contributed by atoms with van der Waals surface area (Å²) in [5.74, 6) is -0.900. The maximum Gasteiger partial charge on any atom is 0.306 e. The molecule has 314 valence electrons. The monoisotopic (exact) mass is 759 g/mol. The smallest absolute Gasteiger partial charge is 0.306 e. The van der Waals surface area contributed by atoms with E-state index in [9.17, 15) is 14.4 Å². The van der Waals surface area contributed by atoms with Crippen molar-refractivity contribution in [3.63, 3.8) is 0 Å². The van der Waals surface area contributed by atoms with Crippen LogP contribution in [0.3, 0.4) is 0 Å². The van der Waals surface area contributed by atoms with Gasteiger partial charge in [-0.3, -0.25) is 14.4 Å². The summed E-state index contributed by atoms with van der Waals surface area (Å²) in [5.41, 5.74) is 0. The van der Waals surface area contributed by atoms with E-state index in [2.05, 4.69) is 57.2 Å². The highest BCUT2D eigenvalue weighted by Crippen LogP contribution is 2.14. The van der Waals surface area contributed by atoms with E-state index < -0.39 is 6.10 Å². The first-order valence-corrected chi connectivity index (χ1v) is 23.0. The molecule has 0 fully saturated rings. The van der Waals surface area contributed by atoms with Gasteiger partial charge in [0.1, 0.15) is 13.2 Å². The van der Waals surface area contributed by atoms with E-state index in [1.807, 2.05) is 0 Å². The summed E-state index contributed by atoms with van der Waals surface area (Å²) >= 11 is 0. The lowest BCUT2D eigenvalue weighted by atomic mass is 10.1. The molecule has 6 nitrogen and oxygen atoms in total. The van der Waals surface area contributed by atoms with Crippen LogP contribution in [0.5, 0.6) is 0 Å². The van der Waals surface area contributed by atoms with E-state index in [0.717, 1.165) is 77.0 Å². The maximum atomic E-state index is 12.7. The van der Waals surface area contributed by atoms with Gasteiger partial charge in [0, 0.05) is 19.3 Å². The molecular weight excluding hydrogens is 673 g/mol. The van der Waals surface area contributed by atoms with Crippen molar-refractivity contribution in [3.8, 4) is 0 Å². The lowest BCUT2D eigenvalue weighted by molar-refractivity contribution is -0.167. The Kier molecular flexibility index (Phi) is 41.5. The van der Waals surface area contributed by atoms with Crippen molar-refractivity contribution in [3.05, 3.63) is 36.5 Å². The molecule has 1 unspecified atom stereocenters. The fraction of sp³-hybridized carbons (Fsp3) is 0.812. The van der Waals surface area contributed by atoms with E-state index in [0.29, 0.717) is 19.3 Å². The molecule has 0 saturated carbocycles. The molecule has 1 atom stereocenters. The third kappa shape index (κ3) is 40.8. The first kappa shape index (κ1) is 51.6. The Hall–Kier alpha value is -2.37. The molecular formula is C48H86O6. The van der Waals surface area contributed by atoms with Gasteiger partial charge in [0.25, 0.3) is 0 Å². The number of hydrogen-bond acceptors (Lipinski definition) is 6. The van der Waals surface area contributed by atoms with E-state index >= 15 is 0 Å². The van der Waals surface area contributed by atoms with Gasteiger partial charge in [-0.05, 0) is 70.6 Å². The van der Waals surface area contributed by atoms with Crippen LogP contribution in [0.2, 0.25) is 0 Å². The van der Waals surface area contributed by atoms with Gasteiger partial charge in [-0.2, -0.15) is 0 Å². The summed E-state index contributed by atoms with van der Waals surface area (Å²) < 4.78 is 16.7. The van der Waals surface area contributed by atoms with Crippen molar-refractivity contribution in [1.82, 2.24) is 0 Å². The molecule has 0 aliphatic heterocycles. The number of esters is 3. The average Bonchev–Trinajstić information content (AvgIpc) is 3.17. The minimum absolute atomic E-state index is 0.0777. The highest BCUT2D eigenvalue weighted by molar-refractivity contribution is 5.71. The quantitative estimate of drug-likeness (QED) is 0.0203. The average molecular weight is 759 g/mol. The normalized spacial score (nSPS) is 12.3. The van der Waals surface area contributed by atoms with Gasteiger partial charge >= 0.3 is 17.9 Å². The molecule has 0 amide bonds. The van der Waals surface area contributed by atoms with Crippen LogP contribution < -0.4 is 0 Å². The third-order valence-corrected chi connectivity index (χ3v) is 9.90. The van der Waals surface area contributed by atoms with Gasteiger partial charge in [0.2, 0.25) is 0 Å². The Bertz CT molecular complexity index is 922.